The van der Waals surface area contributed by atoms with Gasteiger partial charge in [-0.3, -0.25) is 0 Å². The zero-order valence-electron chi connectivity index (χ0n) is 10.8. The summed E-state index contributed by atoms with van der Waals surface area (Å²) < 4.78 is 12.7. The fourth-order valence-corrected chi connectivity index (χ4v) is 3.37. The molecule has 2 rings (SSSR count). The van der Waals surface area contributed by atoms with Crippen LogP contribution < -0.4 is 9.47 Å². The van der Waals surface area contributed by atoms with Crippen molar-refractivity contribution in [2.24, 2.45) is 0 Å². The van der Waals surface area contributed by atoms with Gasteiger partial charge in [0.1, 0.15) is 18.1 Å². The molecule has 0 saturated carbocycles. The molecular formula is C15H13Br2ClO2. The number of halogens is 3. The third-order valence-corrected chi connectivity index (χ3v) is 4.24. The van der Waals surface area contributed by atoms with Gasteiger partial charge in [0.2, 0.25) is 0 Å². The van der Waals surface area contributed by atoms with Crippen LogP contribution in [0.3, 0.4) is 0 Å². The van der Waals surface area contributed by atoms with Gasteiger partial charge in [-0.15, -0.1) is 11.6 Å². The molecule has 5 heteroatoms. The average Bonchev–Trinajstić information content (AvgIpc) is 2.46. The SMILES string of the molecule is COc1ccc(COc2c(Br)cc(CCl)cc2Br)cc1. The monoisotopic (exact) mass is 418 g/mol. The summed E-state index contributed by atoms with van der Waals surface area (Å²) in [6.45, 7) is 0.488. The average molecular weight is 421 g/mol. The fourth-order valence-electron chi connectivity index (χ4n) is 1.70. The Labute approximate surface area is 140 Å². The molecule has 0 saturated heterocycles. The predicted octanol–water partition coefficient (Wildman–Crippen LogP) is 5.54. The molecule has 106 valence electrons. The van der Waals surface area contributed by atoms with E-state index in [1.165, 1.54) is 0 Å². The lowest BCUT2D eigenvalue weighted by atomic mass is 10.2. The summed E-state index contributed by atoms with van der Waals surface area (Å²) in [6.07, 6.45) is 0. The van der Waals surface area contributed by atoms with Crippen LogP contribution >= 0.6 is 43.5 Å². The van der Waals surface area contributed by atoms with Crippen molar-refractivity contribution < 1.29 is 9.47 Å². The highest BCUT2D eigenvalue weighted by atomic mass is 79.9. The third kappa shape index (κ3) is 3.90. The molecular weight excluding hydrogens is 407 g/mol. The van der Waals surface area contributed by atoms with Gasteiger partial charge in [-0.05, 0) is 67.3 Å². The first-order valence-corrected chi connectivity index (χ1v) is 8.05. The summed E-state index contributed by atoms with van der Waals surface area (Å²) in [6, 6.07) is 11.7. The Hall–Kier alpha value is -0.710. The van der Waals surface area contributed by atoms with Crippen molar-refractivity contribution in [3.05, 3.63) is 56.5 Å². The van der Waals surface area contributed by atoms with E-state index in [9.17, 15) is 0 Å². The molecule has 0 heterocycles. The highest BCUT2D eigenvalue weighted by molar-refractivity contribution is 9.11. The minimum Gasteiger partial charge on any atom is -0.497 e. The Morgan fingerprint density at radius 1 is 1.00 bits per heavy atom. The number of benzene rings is 2. The van der Waals surface area contributed by atoms with Crippen molar-refractivity contribution in [3.8, 4) is 11.5 Å². The van der Waals surface area contributed by atoms with Crippen molar-refractivity contribution in [2.45, 2.75) is 12.5 Å². The number of alkyl halides is 1. The fraction of sp³-hybridized carbons (Fsp3) is 0.200. The summed E-state index contributed by atoms with van der Waals surface area (Å²) >= 11 is 12.8. The maximum atomic E-state index is 5.85. The largest absolute Gasteiger partial charge is 0.497 e. The second kappa shape index (κ2) is 7.34. The molecule has 0 aliphatic carbocycles. The highest BCUT2D eigenvalue weighted by Gasteiger charge is 2.09. The van der Waals surface area contributed by atoms with Crippen LogP contribution in [0.2, 0.25) is 0 Å². The van der Waals surface area contributed by atoms with Crippen molar-refractivity contribution >= 4 is 43.5 Å². The van der Waals surface area contributed by atoms with Gasteiger partial charge < -0.3 is 9.47 Å². The van der Waals surface area contributed by atoms with Gasteiger partial charge in [0, 0.05) is 5.88 Å². The predicted molar refractivity (Wildman–Crippen MR) is 88.7 cm³/mol. The van der Waals surface area contributed by atoms with E-state index in [0.717, 1.165) is 31.6 Å². The lowest BCUT2D eigenvalue weighted by Crippen LogP contribution is -1.97. The normalized spacial score (nSPS) is 10.4. The summed E-state index contributed by atoms with van der Waals surface area (Å²) in [4.78, 5) is 0. The van der Waals surface area contributed by atoms with E-state index in [1.54, 1.807) is 7.11 Å². The van der Waals surface area contributed by atoms with Crippen LogP contribution in [0.15, 0.2) is 45.3 Å². The second-order valence-corrected chi connectivity index (χ2v) is 6.13. The van der Waals surface area contributed by atoms with Gasteiger partial charge in [-0.2, -0.15) is 0 Å². The van der Waals surface area contributed by atoms with E-state index in [-0.39, 0.29) is 0 Å². The molecule has 0 bridgehead atoms. The third-order valence-electron chi connectivity index (χ3n) is 2.75. The highest BCUT2D eigenvalue weighted by Crippen LogP contribution is 2.35. The zero-order chi connectivity index (χ0) is 14.5. The van der Waals surface area contributed by atoms with E-state index in [2.05, 4.69) is 31.9 Å². The molecule has 20 heavy (non-hydrogen) atoms. The summed E-state index contributed by atoms with van der Waals surface area (Å²) in [5.74, 6) is 2.08. The summed E-state index contributed by atoms with van der Waals surface area (Å²) in [5, 5.41) is 0. The van der Waals surface area contributed by atoms with Crippen LogP contribution in [0.1, 0.15) is 11.1 Å². The Morgan fingerprint density at radius 3 is 2.10 bits per heavy atom. The first kappa shape index (κ1) is 15.7. The Kier molecular flexibility index (Phi) is 5.75. The first-order chi connectivity index (χ1) is 9.63. The number of methoxy groups -OCH3 is 1. The number of hydrogen-bond acceptors (Lipinski definition) is 2. The number of ether oxygens (including phenoxy) is 2. The Bertz CT molecular complexity index is 562. The quantitative estimate of drug-likeness (QED) is 0.592. The Morgan fingerprint density at radius 2 is 1.60 bits per heavy atom. The van der Waals surface area contributed by atoms with Crippen molar-refractivity contribution in [2.75, 3.05) is 7.11 Å². The minimum atomic E-state index is 0.468. The van der Waals surface area contributed by atoms with Gasteiger partial charge in [-0.25, -0.2) is 0 Å². The number of rotatable bonds is 5. The molecule has 0 aliphatic rings. The van der Waals surface area contributed by atoms with Gasteiger partial charge >= 0.3 is 0 Å². The lowest BCUT2D eigenvalue weighted by molar-refractivity contribution is 0.302. The van der Waals surface area contributed by atoms with Crippen molar-refractivity contribution in [1.29, 1.82) is 0 Å². The van der Waals surface area contributed by atoms with Crippen LogP contribution in [0.5, 0.6) is 11.5 Å². The maximum Gasteiger partial charge on any atom is 0.148 e. The molecule has 0 fully saturated rings. The molecule has 0 atom stereocenters. The maximum absolute atomic E-state index is 5.85. The van der Waals surface area contributed by atoms with Crippen LogP contribution in [0.25, 0.3) is 0 Å². The lowest BCUT2D eigenvalue weighted by Gasteiger charge is -2.12. The molecule has 0 aromatic heterocycles. The van der Waals surface area contributed by atoms with Gasteiger partial charge in [0.15, 0.2) is 0 Å². The zero-order valence-corrected chi connectivity index (χ0v) is 14.8. The van der Waals surface area contributed by atoms with E-state index in [1.807, 2.05) is 36.4 Å². The Balaban J connectivity index is 2.10. The van der Waals surface area contributed by atoms with Crippen LogP contribution in [0.4, 0.5) is 0 Å². The number of hydrogen-bond donors (Lipinski definition) is 0. The minimum absolute atomic E-state index is 0.468. The molecule has 2 nitrogen and oxygen atoms in total. The second-order valence-electron chi connectivity index (χ2n) is 4.16. The van der Waals surface area contributed by atoms with Crippen LogP contribution in [-0.2, 0) is 12.5 Å². The summed E-state index contributed by atoms with van der Waals surface area (Å²) in [5.41, 5.74) is 2.10. The van der Waals surface area contributed by atoms with E-state index >= 15 is 0 Å². The first-order valence-electron chi connectivity index (χ1n) is 5.93. The standard InChI is InChI=1S/C15H13Br2ClO2/c1-19-12-4-2-10(3-5-12)9-20-15-13(16)6-11(8-18)7-14(15)17/h2-7H,8-9H2,1H3. The molecule has 2 aromatic rings. The van der Waals surface area contributed by atoms with Gasteiger partial charge in [-0.1, -0.05) is 12.1 Å². The molecule has 0 N–H and O–H groups in total. The molecule has 0 spiro atoms. The van der Waals surface area contributed by atoms with E-state index < -0.39 is 0 Å². The molecule has 0 unspecified atom stereocenters. The van der Waals surface area contributed by atoms with Gasteiger partial charge in [0.05, 0.1) is 16.1 Å². The molecule has 2 aromatic carbocycles. The molecule has 0 radical (unpaired) electrons. The molecule has 0 amide bonds. The van der Waals surface area contributed by atoms with Gasteiger partial charge in [0.25, 0.3) is 0 Å². The van der Waals surface area contributed by atoms with Crippen LogP contribution in [0, 0.1) is 0 Å². The van der Waals surface area contributed by atoms with E-state index in [4.69, 9.17) is 21.1 Å². The topological polar surface area (TPSA) is 18.5 Å². The smallest absolute Gasteiger partial charge is 0.148 e. The van der Waals surface area contributed by atoms with Crippen molar-refractivity contribution in [3.63, 3.8) is 0 Å². The van der Waals surface area contributed by atoms with Crippen molar-refractivity contribution in [1.82, 2.24) is 0 Å². The summed E-state index contributed by atoms with van der Waals surface area (Å²) in [7, 11) is 1.65. The molecule has 0 aliphatic heterocycles. The van der Waals surface area contributed by atoms with Crippen LogP contribution in [-0.4, -0.2) is 7.11 Å². The van der Waals surface area contributed by atoms with E-state index in [0.29, 0.717) is 12.5 Å².